The molecule has 136 valence electrons. The predicted octanol–water partition coefficient (Wildman–Crippen LogP) is 6.37. The van der Waals surface area contributed by atoms with E-state index in [-0.39, 0.29) is 25.5 Å². The Morgan fingerprint density at radius 2 is 1.40 bits per heavy atom. The Morgan fingerprint density at radius 1 is 0.880 bits per heavy atom. The number of thiol groups is 2. The number of hydrogen-bond acceptors (Lipinski definition) is 4. The second-order valence-electron chi connectivity index (χ2n) is 5.58. The number of allylic oxidation sites excluding steroid dienone is 2. The largest absolute Gasteiger partial charge is 0.455 e. The Balaban J connectivity index is 2.46. The fourth-order valence-corrected chi connectivity index (χ4v) is 4.43. The summed E-state index contributed by atoms with van der Waals surface area (Å²) >= 11 is 8.76. The van der Waals surface area contributed by atoms with Crippen molar-refractivity contribution in [2.24, 2.45) is 0 Å². The fraction of sp³-hybridized carbons (Fsp3) is 0.333. The first-order chi connectivity index (χ1) is 11.3. The van der Waals surface area contributed by atoms with E-state index in [1.54, 1.807) is 0 Å². The van der Waals surface area contributed by atoms with Crippen LogP contribution in [0.5, 0.6) is 0 Å². The Labute approximate surface area is 153 Å². The number of hydrogen-bond donors (Lipinski definition) is 2. The molecular formula is C15H10F6OS3. The van der Waals surface area contributed by atoms with Gasteiger partial charge in [0, 0.05) is 21.6 Å². The van der Waals surface area contributed by atoms with Crippen molar-refractivity contribution in [3.05, 3.63) is 33.9 Å². The van der Waals surface area contributed by atoms with Crippen LogP contribution in [0.15, 0.2) is 25.9 Å². The summed E-state index contributed by atoms with van der Waals surface area (Å²) < 4.78 is 91.2. The summed E-state index contributed by atoms with van der Waals surface area (Å²) in [7, 11) is 0. The van der Waals surface area contributed by atoms with Crippen molar-refractivity contribution in [3.63, 3.8) is 0 Å². The molecule has 0 aromatic carbocycles. The predicted molar refractivity (Wildman–Crippen MR) is 88.7 cm³/mol. The molecule has 0 saturated heterocycles. The van der Waals surface area contributed by atoms with Crippen molar-refractivity contribution in [1.29, 1.82) is 0 Å². The van der Waals surface area contributed by atoms with Crippen LogP contribution in [0.4, 0.5) is 26.3 Å². The van der Waals surface area contributed by atoms with Gasteiger partial charge in [-0.05, 0) is 31.5 Å². The van der Waals surface area contributed by atoms with Crippen LogP contribution in [-0.2, 0) is 0 Å². The van der Waals surface area contributed by atoms with E-state index in [1.807, 2.05) is 0 Å². The van der Waals surface area contributed by atoms with Gasteiger partial charge >= 0.3 is 17.8 Å². The Kier molecular flexibility index (Phi) is 4.13. The van der Waals surface area contributed by atoms with Crippen molar-refractivity contribution >= 4 is 47.7 Å². The van der Waals surface area contributed by atoms with Crippen LogP contribution < -0.4 is 0 Å². The zero-order valence-corrected chi connectivity index (χ0v) is 15.2. The average molecular weight is 416 g/mol. The topological polar surface area (TPSA) is 13.1 Å². The lowest BCUT2D eigenvalue weighted by Gasteiger charge is -2.25. The van der Waals surface area contributed by atoms with Gasteiger partial charge in [0.15, 0.2) is 5.09 Å². The summed E-state index contributed by atoms with van der Waals surface area (Å²) in [6, 6.07) is 2.02. The quantitative estimate of drug-likeness (QED) is 0.429. The molecular weight excluding hydrogens is 406 g/mol. The minimum Gasteiger partial charge on any atom is -0.455 e. The second kappa shape index (κ2) is 5.50. The molecule has 1 nitrogen and oxygen atoms in total. The van der Waals surface area contributed by atoms with Gasteiger partial charge in [0.2, 0.25) is 0 Å². The third kappa shape index (κ3) is 2.40. The van der Waals surface area contributed by atoms with Crippen LogP contribution in [0.2, 0.25) is 0 Å². The van der Waals surface area contributed by atoms with Gasteiger partial charge in [-0.1, -0.05) is 0 Å². The van der Waals surface area contributed by atoms with Crippen LogP contribution in [0.25, 0.3) is 11.1 Å². The highest BCUT2D eigenvalue weighted by Gasteiger charge is 2.80. The normalized spacial score (nSPS) is 21.2. The molecule has 25 heavy (non-hydrogen) atoms. The van der Waals surface area contributed by atoms with E-state index in [2.05, 4.69) is 25.3 Å². The van der Waals surface area contributed by atoms with Gasteiger partial charge < -0.3 is 4.42 Å². The van der Waals surface area contributed by atoms with Gasteiger partial charge in [-0.15, -0.1) is 36.6 Å². The molecule has 2 aromatic heterocycles. The van der Waals surface area contributed by atoms with Gasteiger partial charge in [-0.2, -0.15) is 26.3 Å². The minimum absolute atomic E-state index is 0.148. The lowest BCUT2D eigenvalue weighted by molar-refractivity contribution is -0.254. The summed E-state index contributed by atoms with van der Waals surface area (Å²) in [5.74, 6) is -16.0. The summed E-state index contributed by atoms with van der Waals surface area (Å²) in [5.41, 5.74) is -3.76. The maximum absolute atomic E-state index is 14.5. The second-order valence-corrected chi connectivity index (χ2v) is 8.06. The molecule has 0 fully saturated rings. The molecule has 0 amide bonds. The zero-order valence-electron chi connectivity index (χ0n) is 12.6. The molecule has 0 aliphatic heterocycles. The van der Waals surface area contributed by atoms with Crippen LogP contribution in [-0.4, -0.2) is 17.8 Å². The smallest absolute Gasteiger partial charge is 0.380 e. The maximum Gasteiger partial charge on any atom is 0.380 e. The first-order valence-electron chi connectivity index (χ1n) is 6.80. The molecule has 2 heterocycles. The molecule has 0 N–H and O–H groups in total. The SMILES string of the molecule is Cc1oc(S)cc1C1=C(c2cc(S)sc2C)C(F)(F)C(F)(F)C1(F)F. The fourth-order valence-electron chi connectivity index (χ4n) is 2.86. The third-order valence-corrected chi connectivity index (χ3v) is 5.49. The molecule has 0 spiro atoms. The van der Waals surface area contributed by atoms with Gasteiger partial charge in [0.05, 0.1) is 4.21 Å². The molecule has 10 heteroatoms. The summed E-state index contributed by atoms with van der Waals surface area (Å²) in [6.45, 7) is 2.59. The van der Waals surface area contributed by atoms with Crippen molar-refractivity contribution in [2.45, 2.75) is 40.9 Å². The van der Waals surface area contributed by atoms with Crippen molar-refractivity contribution in [3.8, 4) is 0 Å². The molecule has 0 atom stereocenters. The first-order valence-corrected chi connectivity index (χ1v) is 8.51. The van der Waals surface area contributed by atoms with Crippen LogP contribution in [0, 0.1) is 13.8 Å². The van der Waals surface area contributed by atoms with Crippen molar-refractivity contribution in [1.82, 2.24) is 0 Å². The molecule has 0 saturated carbocycles. The standard InChI is InChI=1S/C15H10F6OS3/c1-5-7(3-9(23)22-5)11-12(8-4-10(24)25-6(8)2)14(18,19)15(20,21)13(11,16)17/h3-4,23-24H,1-2H3. The molecule has 1 aliphatic rings. The maximum atomic E-state index is 14.5. The minimum atomic E-state index is -5.59. The van der Waals surface area contributed by atoms with E-state index >= 15 is 0 Å². The highest BCUT2D eigenvalue weighted by atomic mass is 32.2. The van der Waals surface area contributed by atoms with Gasteiger partial charge in [0.25, 0.3) is 0 Å². The molecule has 0 radical (unpaired) electrons. The van der Waals surface area contributed by atoms with Crippen LogP contribution in [0.3, 0.4) is 0 Å². The Bertz CT molecular complexity index is 823. The van der Waals surface area contributed by atoms with Crippen LogP contribution in [0.1, 0.15) is 21.8 Å². The van der Waals surface area contributed by atoms with Gasteiger partial charge in [-0.25, -0.2) is 0 Å². The van der Waals surface area contributed by atoms with E-state index in [0.29, 0.717) is 0 Å². The molecule has 2 aromatic rings. The highest BCUT2D eigenvalue weighted by molar-refractivity contribution is 7.82. The van der Waals surface area contributed by atoms with E-state index in [9.17, 15) is 26.3 Å². The molecule has 1 aliphatic carbocycles. The Morgan fingerprint density at radius 3 is 1.80 bits per heavy atom. The summed E-state index contributed by atoms with van der Waals surface area (Å²) in [4.78, 5) is 0.179. The van der Waals surface area contributed by atoms with Crippen LogP contribution >= 0.6 is 36.6 Å². The number of furan rings is 1. The highest BCUT2D eigenvalue weighted by Crippen LogP contribution is 2.65. The third-order valence-electron chi connectivity index (χ3n) is 4.01. The molecule has 0 bridgehead atoms. The van der Waals surface area contributed by atoms with Gasteiger partial charge in [0.1, 0.15) is 5.76 Å². The van der Waals surface area contributed by atoms with E-state index in [4.69, 9.17) is 4.42 Å². The number of thiophene rings is 1. The van der Waals surface area contributed by atoms with E-state index in [1.165, 1.54) is 13.8 Å². The number of rotatable bonds is 2. The van der Waals surface area contributed by atoms with E-state index in [0.717, 1.165) is 23.5 Å². The molecule has 3 rings (SSSR count). The molecule has 0 unspecified atom stereocenters. The van der Waals surface area contributed by atoms with Gasteiger partial charge in [-0.3, -0.25) is 0 Å². The first kappa shape index (κ1) is 18.8. The van der Waals surface area contributed by atoms with Crippen molar-refractivity contribution in [2.75, 3.05) is 0 Å². The number of alkyl halides is 6. The summed E-state index contributed by atoms with van der Waals surface area (Å²) in [5, 5.41) is -0.148. The zero-order chi connectivity index (χ0) is 18.9. The lowest BCUT2D eigenvalue weighted by Crippen LogP contribution is -2.48. The monoisotopic (exact) mass is 416 g/mol. The Hall–Kier alpha value is -1.00. The summed E-state index contributed by atoms with van der Waals surface area (Å²) in [6.07, 6.45) is 0. The number of halogens is 6. The number of aryl methyl sites for hydroxylation is 2. The average Bonchev–Trinajstić information content (AvgIpc) is 2.98. The lowest BCUT2D eigenvalue weighted by atomic mass is 9.95. The van der Waals surface area contributed by atoms with Crippen molar-refractivity contribution < 1.29 is 30.8 Å². The van der Waals surface area contributed by atoms with E-state index < -0.39 is 34.5 Å².